The number of hydrogen-bond acceptors (Lipinski definition) is 0. The molecule has 1 saturated carbocycles. The molecule has 0 nitrogen and oxygen atoms in total. The maximum absolute atomic E-state index is 2.34. The van der Waals surface area contributed by atoms with Crippen molar-refractivity contribution in [1.29, 1.82) is 0 Å². The summed E-state index contributed by atoms with van der Waals surface area (Å²) in [4.78, 5) is 0. The number of rotatable bonds is 1. The topological polar surface area (TPSA) is 0 Å². The molecule has 0 bridgehead atoms. The predicted octanol–water partition coefficient (Wildman–Crippen LogP) is 4.14. The van der Waals surface area contributed by atoms with E-state index < -0.39 is 0 Å². The third-order valence-corrected chi connectivity index (χ3v) is 4.12. The van der Waals surface area contributed by atoms with Gasteiger partial charge in [0.25, 0.3) is 0 Å². The van der Waals surface area contributed by atoms with Crippen molar-refractivity contribution < 1.29 is 0 Å². The molecular formula is C15H19. The first-order chi connectivity index (χ1) is 7.45. The van der Waals surface area contributed by atoms with Gasteiger partial charge in [0.15, 0.2) is 0 Å². The highest BCUT2D eigenvalue weighted by Gasteiger charge is 2.30. The first-order valence-electron chi connectivity index (χ1n) is 6.39. The highest BCUT2D eigenvalue weighted by atomic mass is 14.3. The van der Waals surface area contributed by atoms with E-state index >= 15 is 0 Å². The molecule has 1 aromatic rings. The zero-order valence-electron chi connectivity index (χ0n) is 9.34. The van der Waals surface area contributed by atoms with E-state index in [0.29, 0.717) is 0 Å². The van der Waals surface area contributed by atoms with Crippen LogP contribution in [0.25, 0.3) is 0 Å². The second kappa shape index (κ2) is 4.00. The van der Waals surface area contributed by atoms with Gasteiger partial charge in [0.1, 0.15) is 0 Å². The molecule has 0 atom stereocenters. The van der Waals surface area contributed by atoms with Crippen molar-refractivity contribution >= 4 is 0 Å². The van der Waals surface area contributed by atoms with Gasteiger partial charge in [0.2, 0.25) is 0 Å². The Labute approximate surface area is 92.7 Å². The molecule has 3 rings (SSSR count). The standard InChI is InChI=1S/C15H19/c1-2-6-12(7-3-1)15-11-10-13-8-4-5-9-14(13)15/h4-5,8-9,12H,1-3,6-7,10-11H2. The van der Waals surface area contributed by atoms with E-state index in [9.17, 15) is 0 Å². The Morgan fingerprint density at radius 3 is 2.53 bits per heavy atom. The number of fused-ring (bicyclic) bond motifs is 1. The summed E-state index contributed by atoms with van der Waals surface area (Å²) >= 11 is 0. The molecule has 0 amide bonds. The quantitative estimate of drug-likeness (QED) is 0.637. The lowest BCUT2D eigenvalue weighted by Crippen LogP contribution is -2.14. The normalized spacial score (nSPS) is 22.9. The van der Waals surface area contributed by atoms with Crippen LogP contribution < -0.4 is 0 Å². The largest absolute Gasteiger partial charge is 0.0620 e. The Kier molecular flexibility index (Phi) is 2.52. The first kappa shape index (κ1) is 9.45. The van der Waals surface area contributed by atoms with Gasteiger partial charge < -0.3 is 0 Å². The molecule has 0 heteroatoms. The van der Waals surface area contributed by atoms with E-state index in [1.54, 1.807) is 17.0 Å². The van der Waals surface area contributed by atoms with E-state index in [2.05, 4.69) is 24.3 Å². The van der Waals surface area contributed by atoms with Crippen molar-refractivity contribution in [1.82, 2.24) is 0 Å². The van der Waals surface area contributed by atoms with Crippen LogP contribution >= 0.6 is 0 Å². The van der Waals surface area contributed by atoms with Crippen LogP contribution in [0.3, 0.4) is 0 Å². The molecular weight excluding hydrogens is 180 g/mol. The Balaban J connectivity index is 1.83. The van der Waals surface area contributed by atoms with Crippen molar-refractivity contribution in [3.63, 3.8) is 0 Å². The highest BCUT2D eigenvalue weighted by molar-refractivity contribution is 5.44. The molecule has 2 aliphatic rings. The maximum Gasteiger partial charge on any atom is 0.00867 e. The molecule has 2 aliphatic carbocycles. The minimum absolute atomic E-state index is 0.919. The van der Waals surface area contributed by atoms with Crippen LogP contribution in [0.1, 0.15) is 49.7 Å². The number of hydrogen-bond donors (Lipinski definition) is 0. The van der Waals surface area contributed by atoms with Crippen LogP contribution in [-0.4, -0.2) is 0 Å². The molecule has 0 saturated heterocycles. The second-order valence-corrected chi connectivity index (χ2v) is 5.02. The van der Waals surface area contributed by atoms with Gasteiger partial charge in [-0.1, -0.05) is 43.5 Å². The lowest BCUT2D eigenvalue weighted by Gasteiger charge is -2.27. The summed E-state index contributed by atoms with van der Waals surface area (Å²) in [6.07, 6.45) is 9.90. The van der Waals surface area contributed by atoms with Gasteiger partial charge in [-0.05, 0) is 42.7 Å². The predicted molar refractivity (Wildman–Crippen MR) is 63.7 cm³/mol. The molecule has 0 unspecified atom stereocenters. The summed E-state index contributed by atoms with van der Waals surface area (Å²) in [6, 6.07) is 9.03. The van der Waals surface area contributed by atoms with Crippen molar-refractivity contribution in [2.24, 2.45) is 5.92 Å². The van der Waals surface area contributed by atoms with Crippen molar-refractivity contribution in [3.05, 3.63) is 41.3 Å². The fourth-order valence-corrected chi connectivity index (χ4v) is 3.33. The average molecular weight is 199 g/mol. The number of benzene rings is 1. The van der Waals surface area contributed by atoms with E-state index in [-0.39, 0.29) is 0 Å². The molecule has 1 radical (unpaired) electrons. The lowest BCUT2D eigenvalue weighted by atomic mass is 9.77. The van der Waals surface area contributed by atoms with Crippen LogP contribution in [0.15, 0.2) is 24.3 Å². The third-order valence-electron chi connectivity index (χ3n) is 4.12. The molecule has 0 spiro atoms. The Morgan fingerprint density at radius 2 is 1.67 bits per heavy atom. The minimum Gasteiger partial charge on any atom is -0.0620 e. The van der Waals surface area contributed by atoms with Gasteiger partial charge in [0.05, 0.1) is 0 Å². The second-order valence-electron chi connectivity index (χ2n) is 5.02. The molecule has 15 heavy (non-hydrogen) atoms. The molecule has 0 aliphatic heterocycles. The Hall–Kier alpha value is -0.780. The molecule has 0 heterocycles. The number of aryl methyl sites for hydroxylation is 1. The smallest absolute Gasteiger partial charge is 0.00867 e. The lowest BCUT2D eigenvalue weighted by molar-refractivity contribution is 0.371. The third kappa shape index (κ3) is 1.71. The van der Waals surface area contributed by atoms with Crippen LogP contribution in [0.2, 0.25) is 0 Å². The molecule has 79 valence electrons. The monoisotopic (exact) mass is 199 g/mol. The van der Waals surface area contributed by atoms with Gasteiger partial charge in [-0.25, -0.2) is 0 Å². The molecule has 1 aromatic carbocycles. The van der Waals surface area contributed by atoms with E-state index in [4.69, 9.17) is 0 Å². The Bertz CT molecular complexity index is 334. The van der Waals surface area contributed by atoms with E-state index in [0.717, 1.165) is 5.92 Å². The van der Waals surface area contributed by atoms with Gasteiger partial charge >= 0.3 is 0 Å². The summed E-state index contributed by atoms with van der Waals surface area (Å²) in [5.74, 6) is 2.70. The average Bonchev–Trinajstić information content (AvgIpc) is 2.74. The molecule has 1 fully saturated rings. The van der Waals surface area contributed by atoms with Gasteiger partial charge in [-0.15, -0.1) is 0 Å². The van der Waals surface area contributed by atoms with Crippen LogP contribution in [-0.2, 0) is 6.42 Å². The van der Waals surface area contributed by atoms with E-state index in [1.807, 2.05) is 0 Å². The molecule has 0 N–H and O–H groups in total. The molecule has 0 aromatic heterocycles. The van der Waals surface area contributed by atoms with Crippen molar-refractivity contribution in [2.75, 3.05) is 0 Å². The van der Waals surface area contributed by atoms with Crippen LogP contribution in [0, 0.1) is 11.8 Å². The SMILES string of the molecule is c1ccc2c(c1)CC[C]2C1CCCCC1. The zero-order chi connectivity index (χ0) is 10.1. The highest BCUT2D eigenvalue weighted by Crippen LogP contribution is 2.43. The minimum atomic E-state index is 0.919. The fraction of sp³-hybridized carbons (Fsp3) is 0.533. The first-order valence-corrected chi connectivity index (χ1v) is 6.39. The van der Waals surface area contributed by atoms with E-state index in [1.165, 1.54) is 44.9 Å². The maximum atomic E-state index is 2.34. The summed E-state index contributed by atoms with van der Waals surface area (Å²) in [5.41, 5.74) is 3.20. The summed E-state index contributed by atoms with van der Waals surface area (Å²) in [6.45, 7) is 0. The van der Waals surface area contributed by atoms with Crippen LogP contribution in [0.5, 0.6) is 0 Å². The van der Waals surface area contributed by atoms with Gasteiger partial charge in [-0.2, -0.15) is 0 Å². The Morgan fingerprint density at radius 1 is 0.867 bits per heavy atom. The summed E-state index contributed by atoms with van der Waals surface area (Å²) in [5, 5.41) is 0. The summed E-state index contributed by atoms with van der Waals surface area (Å²) < 4.78 is 0. The zero-order valence-corrected chi connectivity index (χ0v) is 9.34. The summed E-state index contributed by atoms with van der Waals surface area (Å²) in [7, 11) is 0. The van der Waals surface area contributed by atoms with Crippen LogP contribution in [0.4, 0.5) is 0 Å². The fourth-order valence-electron chi connectivity index (χ4n) is 3.33. The van der Waals surface area contributed by atoms with Gasteiger partial charge in [-0.3, -0.25) is 0 Å². The van der Waals surface area contributed by atoms with Gasteiger partial charge in [0, 0.05) is 5.92 Å². The van der Waals surface area contributed by atoms with Crippen molar-refractivity contribution in [2.45, 2.75) is 44.9 Å². The van der Waals surface area contributed by atoms with Crippen molar-refractivity contribution in [3.8, 4) is 0 Å².